The van der Waals surface area contributed by atoms with E-state index in [9.17, 15) is 4.79 Å². The van der Waals surface area contributed by atoms with E-state index in [1.807, 2.05) is 42.5 Å². The highest BCUT2D eigenvalue weighted by Gasteiger charge is 2.13. The molecular formula is C18H13N5OS. The van der Waals surface area contributed by atoms with Gasteiger partial charge in [0.2, 0.25) is 0 Å². The molecule has 0 aliphatic carbocycles. The van der Waals surface area contributed by atoms with Crippen LogP contribution in [0.2, 0.25) is 0 Å². The highest BCUT2D eigenvalue weighted by molar-refractivity contribution is 7.21. The Morgan fingerprint density at radius 2 is 1.88 bits per heavy atom. The molecule has 3 N–H and O–H groups in total. The van der Waals surface area contributed by atoms with E-state index in [1.54, 1.807) is 17.4 Å². The Kier molecular flexibility index (Phi) is 3.83. The van der Waals surface area contributed by atoms with Crippen LogP contribution in [-0.4, -0.2) is 20.9 Å². The Morgan fingerprint density at radius 1 is 1.04 bits per heavy atom. The van der Waals surface area contributed by atoms with Gasteiger partial charge in [-0.25, -0.2) is 15.0 Å². The molecule has 1 amide bonds. The third-order valence-corrected chi connectivity index (χ3v) is 4.69. The third kappa shape index (κ3) is 3.05. The zero-order chi connectivity index (χ0) is 17.2. The molecule has 0 spiro atoms. The number of anilines is 2. The molecule has 2 aromatic heterocycles. The van der Waals surface area contributed by atoms with Gasteiger partial charge in [0.05, 0.1) is 10.2 Å². The molecule has 0 aliphatic rings. The van der Waals surface area contributed by atoms with E-state index >= 15 is 0 Å². The fourth-order valence-electron chi connectivity index (χ4n) is 2.44. The smallest absolute Gasteiger partial charge is 0.278 e. The molecule has 0 unspecified atom stereocenters. The number of carbonyl (C=O) groups excluding carboxylic acids is 1. The van der Waals surface area contributed by atoms with Crippen LogP contribution >= 0.6 is 11.3 Å². The van der Waals surface area contributed by atoms with E-state index in [0.29, 0.717) is 5.69 Å². The molecule has 0 aliphatic heterocycles. The third-order valence-electron chi connectivity index (χ3n) is 3.60. The van der Waals surface area contributed by atoms with Gasteiger partial charge in [0.15, 0.2) is 11.5 Å². The van der Waals surface area contributed by atoms with Crippen LogP contribution in [0.4, 0.5) is 11.5 Å². The van der Waals surface area contributed by atoms with Gasteiger partial charge in [0.25, 0.3) is 5.91 Å². The van der Waals surface area contributed by atoms with Gasteiger partial charge in [-0.3, -0.25) is 4.79 Å². The summed E-state index contributed by atoms with van der Waals surface area (Å²) in [5.41, 5.74) is 8.34. The second kappa shape index (κ2) is 6.29. The van der Waals surface area contributed by atoms with Crippen LogP contribution in [0.3, 0.4) is 0 Å². The lowest BCUT2D eigenvalue weighted by Crippen LogP contribution is -2.16. The fraction of sp³-hybridized carbons (Fsp3) is 0. The van der Waals surface area contributed by atoms with E-state index in [-0.39, 0.29) is 11.5 Å². The summed E-state index contributed by atoms with van der Waals surface area (Å²) in [7, 11) is 0. The molecule has 122 valence electrons. The minimum absolute atomic E-state index is 0.0994. The van der Waals surface area contributed by atoms with Gasteiger partial charge in [-0.1, -0.05) is 24.3 Å². The van der Waals surface area contributed by atoms with Gasteiger partial charge < -0.3 is 11.1 Å². The van der Waals surface area contributed by atoms with Crippen LogP contribution in [0, 0.1) is 0 Å². The zero-order valence-electron chi connectivity index (χ0n) is 13.0. The summed E-state index contributed by atoms with van der Waals surface area (Å²) < 4.78 is 1.12. The van der Waals surface area contributed by atoms with Crippen molar-refractivity contribution >= 4 is 39.0 Å². The summed E-state index contributed by atoms with van der Waals surface area (Å²) >= 11 is 1.61. The average Bonchev–Trinajstić information content (AvgIpc) is 3.06. The quantitative estimate of drug-likeness (QED) is 0.591. The van der Waals surface area contributed by atoms with Gasteiger partial charge in [0, 0.05) is 23.6 Å². The number of benzene rings is 2. The highest BCUT2D eigenvalue weighted by Crippen LogP contribution is 2.31. The van der Waals surface area contributed by atoms with Crippen molar-refractivity contribution in [3.63, 3.8) is 0 Å². The molecule has 6 nitrogen and oxygen atoms in total. The maximum atomic E-state index is 12.3. The molecule has 0 saturated heterocycles. The number of nitrogen functional groups attached to an aromatic ring is 1. The standard InChI is InChI=1S/C18H13N5OS/c19-16-15(20-8-9-21-16)17(24)22-12-5-3-4-11(10-12)18-23-13-6-1-2-7-14(13)25-18/h1-10H,(H2,19,21)(H,22,24). The SMILES string of the molecule is Nc1nccnc1C(=O)Nc1cccc(-c2nc3ccccc3s2)c1. The zero-order valence-corrected chi connectivity index (χ0v) is 13.8. The number of nitrogens with zero attached hydrogens (tertiary/aromatic N) is 3. The molecule has 25 heavy (non-hydrogen) atoms. The summed E-state index contributed by atoms with van der Waals surface area (Å²) in [5, 5.41) is 3.70. The number of aromatic nitrogens is 3. The summed E-state index contributed by atoms with van der Waals surface area (Å²) in [4.78, 5) is 24.8. The van der Waals surface area contributed by atoms with Crippen molar-refractivity contribution in [2.24, 2.45) is 0 Å². The van der Waals surface area contributed by atoms with E-state index in [4.69, 9.17) is 5.73 Å². The molecule has 0 atom stereocenters. The van der Waals surface area contributed by atoms with Crippen LogP contribution in [0.15, 0.2) is 60.9 Å². The Balaban J connectivity index is 1.63. The van der Waals surface area contributed by atoms with Crippen molar-refractivity contribution in [1.82, 2.24) is 15.0 Å². The van der Waals surface area contributed by atoms with Gasteiger partial charge >= 0.3 is 0 Å². The number of para-hydroxylation sites is 1. The molecule has 4 rings (SSSR count). The lowest BCUT2D eigenvalue weighted by atomic mass is 10.2. The minimum Gasteiger partial charge on any atom is -0.382 e. The van der Waals surface area contributed by atoms with Crippen LogP contribution < -0.4 is 11.1 Å². The summed E-state index contributed by atoms with van der Waals surface area (Å²) in [6.07, 6.45) is 2.88. The number of thiazole rings is 1. The first-order valence-corrected chi connectivity index (χ1v) is 8.36. The van der Waals surface area contributed by atoms with Crippen molar-refractivity contribution in [2.75, 3.05) is 11.1 Å². The van der Waals surface area contributed by atoms with Gasteiger partial charge in [-0.2, -0.15) is 0 Å². The predicted octanol–water partition coefficient (Wildman–Crippen LogP) is 3.59. The number of carbonyl (C=O) groups is 1. The van der Waals surface area contributed by atoms with E-state index in [2.05, 4.69) is 20.3 Å². The molecule has 0 saturated carbocycles. The molecule has 2 aromatic carbocycles. The first-order valence-electron chi connectivity index (χ1n) is 7.54. The predicted molar refractivity (Wildman–Crippen MR) is 99.5 cm³/mol. The number of rotatable bonds is 3. The summed E-state index contributed by atoms with van der Waals surface area (Å²) in [6.45, 7) is 0. The Labute approximate surface area is 147 Å². The normalized spacial score (nSPS) is 10.7. The molecule has 0 bridgehead atoms. The van der Waals surface area contributed by atoms with Gasteiger partial charge in [0.1, 0.15) is 5.01 Å². The molecule has 0 radical (unpaired) electrons. The number of nitrogens with one attached hydrogen (secondary N) is 1. The van der Waals surface area contributed by atoms with E-state index < -0.39 is 5.91 Å². The molecule has 0 fully saturated rings. The van der Waals surface area contributed by atoms with Crippen molar-refractivity contribution in [3.05, 3.63) is 66.6 Å². The number of nitrogens with two attached hydrogens (primary N) is 1. The van der Waals surface area contributed by atoms with E-state index in [1.165, 1.54) is 12.4 Å². The minimum atomic E-state index is -0.396. The number of hydrogen-bond donors (Lipinski definition) is 2. The van der Waals surface area contributed by atoms with Crippen LogP contribution in [-0.2, 0) is 0 Å². The van der Waals surface area contributed by atoms with Gasteiger partial charge in [-0.15, -0.1) is 11.3 Å². The maximum absolute atomic E-state index is 12.3. The summed E-state index contributed by atoms with van der Waals surface area (Å²) in [5.74, 6) is -0.297. The molecule has 4 aromatic rings. The first-order chi connectivity index (χ1) is 12.2. The van der Waals surface area contributed by atoms with Crippen LogP contribution in [0.1, 0.15) is 10.5 Å². The largest absolute Gasteiger partial charge is 0.382 e. The van der Waals surface area contributed by atoms with E-state index in [0.717, 1.165) is 20.8 Å². The van der Waals surface area contributed by atoms with Crippen molar-refractivity contribution < 1.29 is 4.79 Å². The first kappa shape index (κ1) is 15.2. The molecule has 2 heterocycles. The Morgan fingerprint density at radius 3 is 2.72 bits per heavy atom. The van der Waals surface area contributed by atoms with Crippen LogP contribution in [0.5, 0.6) is 0 Å². The molecular weight excluding hydrogens is 334 g/mol. The second-order valence-corrected chi connectivity index (χ2v) is 6.34. The van der Waals surface area contributed by atoms with Crippen molar-refractivity contribution in [3.8, 4) is 10.6 Å². The maximum Gasteiger partial charge on any atom is 0.278 e. The Hall–Kier alpha value is -3.32. The number of amides is 1. The highest BCUT2D eigenvalue weighted by atomic mass is 32.1. The second-order valence-electron chi connectivity index (χ2n) is 5.31. The topological polar surface area (TPSA) is 93.8 Å². The lowest BCUT2D eigenvalue weighted by Gasteiger charge is -2.07. The van der Waals surface area contributed by atoms with Crippen molar-refractivity contribution in [1.29, 1.82) is 0 Å². The number of hydrogen-bond acceptors (Lipinski definition) is 6. The fourth-order valence-corrected chi connectivity index (χ4v) is 3.40. The number of fused-ring (bicyclic) bond motifs is 1. The lowest BCUT2D eigenvalue weighted by molar-refractivity contribution is 0.102. The van der Waals surface area contributed by atoms with Gasteiger partial charge in [-0.05, 0) is 24.3 Å². The summed E-state index contributed by atoms with van der Waals surface area (Å²) in [6, 6.07) is 15.5. The van der Waals surface area contributed by atoms with Crippen LogP contribution in [0.25, 0.3) is 20.8 Å². The Bertz CT molecular complexity index is 1040. The molecule has 7 heteroatoms. The monoisotopic (exact) mass is 347 g/mol. The van der Waals surface area contributed by atoms with Crippen molar-refractivity contribution in [2.45, 2.75) is 0 Å². The average molecular weight is 347 g/mol.